The fraction of sp³-hybridized carbons (Fsp3) is 0.214. The van der Waals surface area contributed by atoms with Gasteiger partial charge in [0.05, 0.1) is 29.3 Å². The molecule has 0 spiro atoms. The van der Waals surface area contributed by atoms with E-state index >= 15 is 0 Å². The van der Waals surface area contributed by atoms with Crippen molar-refractivity contribution in [1.82, 2.24) is 20.0 Å². The molecule has 0 amide bonds. The first-order valence-corrected chi connectivity index (χ1v) is 6.38. The van der Waals surface area contributed by atoms with Crippen LogP contribution in [0.3, 0.4) is 0 Å². The van der Waals surface area contributed by atoms with Crippen molar-refractivity contribution in [1.29, 1.82) is 0 Å². The molecule has 0 fully saturated rings. The molecular weight excluding hydrogens is 238 g/mol. The lowest BCUT2D eigenvalue weighted by Crippen LogP contribution is -2.03. The number of nitrogens with zero attached hydrogens (tertiary/aromatic N) is 4. The van der Waals surface area contributed by atoms with Crippen LogP contribution in [0.4, 0.5) is 5.69 Å². The van der Waals surface area contributed by atoms with Crippen molar-refractivity contribution in [2.75, 3.05) is 11.9 Å². The monoisotopic (exact) mass is 253 g/mol. The number of pyridine rings is 1. The second-order valence-corrected chi connectivity index (χ2v) is 4.35. The molecule has 1 N–H and O–H groups in total. The normalized spacial score (nSPS) is 10.8. The maximum absolute atomic E-state index is 4.25. The molecule has 0 atom stereocenters. The molecule has 3 aromatic rings. The third-order valence-corrected chi connectivity index (χ3v) is 2.90. The minimum Gasteiger partial charge on any atom is -0.384 e. The molecule has 5 nitrogen and oxygen atoms in total. The zero-order valence-electron chi connectivity index (χ0n) is 10.7. The molecule has 19 heavy (non-hydrogen) atoms. The molecule has 2 aromatic heterocycles. The number of benzene rings is 1. The number of rotatable bonds is 4. The smallest absolute Gasteiger partial charge is 0.113 e. The lowest BCUT2D eigenvalue weighted by Gasteiger charge is -2.06. The molecule has 0 bridgehead atoms. The van der Waals surface area contributed by atoms with Gasteiger partial charge in [-0.05, 0) is 24.6 Å². The summed E-state index contributed by atoms with van der Waals surface area (Å²) in [5.74, 6) is 0. The highest BCUT2D eigenvalue weighted by atomic mass is 15.4. The lowest BCUT2D eigenvalue weighted by molar-refractivity contribution is 0.820. The van der Waals surface area contributed by atoms with E-state index < -0.39 is 0 Å². The van der Waals surface area contributed by atoms with Gasteiger partial charge in [0.15, 0.2) is 0 Å². The van der Waals surface area contributed by atoms with Crippen molar-refractivity contribution in [2.45, 2.75) is 13.3 Å². The topological polar surface area (TPSA) is 55.6 Å². The van der Waals surface area contributed by atoms with Crippen LogP contribution in [-0.4, -0.2) is 26.5 Å². The van der Waals surface area contributed by atoms with Crippen LogP contribution in [0.2, 0.25) is 0 Å². The third kappa shape index (κ3) is 2.27. The zero-order chi connectivity index (χ0) is 13.1. The Kier molecular flexibility index (Phi) is 3.10. The van der Waals surface area contributed by atoms with E-state index in [9.17, 15) is 0 Å². The van der Waals surface area contributed by atoms with Crippen molar-refractivity contribution in [2.24, 2.45) is 0 Å². The first-order valence-electron chi connectivity index (χ1n) is 6.38. The molecular formula is C14H15N5. The summed E-state index contributed by atoms with van der Waals surface area (Å²) in [5, 5.41) is 11.7. The second kappa shape index (κ2) is 5.06. The Labute approximate surface area is 111 Å². The van der Waals surface area contributed by atoms with Crippen molar-refractivity contribution < 1.29 is 0 Å². The minimum absolute atomic E-state index is 0.884. The van der Waals surface area contributed by atoms with Crippen LogP contribution in [0.1, 0.15) is 13.3 Å². The molecule has 0 aliphatic carbocycles. The van der Waals surface area contributed by atoms with Gasteiger partial charge in [-0.1, -0.05) is 24.3 Å². The molecule has 96 valence electrons. The summed E-state index contributed by atoms with van der Waals surface area (Å²) in [6, 6.07) is 9.92. The van der Waals surface area contributed by atoms with Gasteiger partial charge >= 0.3 is 0 Å². The Morgan fingerprint density at radius 3 is 3.00 bits per heavy atom. The molecule has 0 saturated heterocycles. The first-order chi connectivity index (χ1) is 9.38. The summed E-state index contributed by atoms with van der Waals surface area (Å²) in [7, 11) is 0. The Balaban J connectivity index is 2.01. The Morgan fingerprint density at radius 2 is 2.11 bits per heavy atom. The van der Waals surface area contributed by atoms with Gasteiger partial charge in [-0.25, -0.2) is 4.68 Å². The standard InChI is InChI=1S/C14H15N5/c1-2-7-16-11-8-12(10-15-9-11)19-14-6-4-3-5-13(14)17-18-19/h3-6,8-10,16H,2,7H2,1H3. The summed E-state index contributed by atoms with van der Waals surface area (Å²) in [6.07, 6.45) is 4.69. The predicted molar refractivity (Wildman–Crippen MR) is 75.4 cm³/mol. The number of para-hydroxylation sites is 1. The number of fused-ring (bicyclic) bond motifs is 1. The fourth-order valence-corrected chi connectivity index (χ4v) is 1.97. The van der Waals surface area contributed by atoms with E-state index in [0.717, 1.165) is 35.4 Å². The van der Waals surface area contributed by atoms with Crippen LogP contribution in [0.5, 0.6) is 0 Å². The van der Waals surface area contributed by atoms with E-state index in [4.69, 9.17) is 0 Å². The highest BCUT2D eigenvalue weighted by Crippen LogP contribution is 2.17. The van der Waals surface area contributed by atoms with Gasteiger partial charge < -0.3 is 5.32 Å². The second-order valence-electron chi connectivity index (χ2n) is 4.35. The molecule has 1 aromatic carbocycles. The molecule has 0 saturated carbocycles. The average molecular weight is 253 g/mol. The molecule has 0 aliphatic heterocycles. The summed E-state index contributed by atoms with van der Waals surface area (Å²) < 4.78 is 1.81. The Bertz CT molecular complexity index is 689. The van der Waals surface area contributed by atoms with Gasteiger partial charge in [0.1, 0.15) is 5.52 Å². The number of hydrogen-bond acceptors (Lipinski definition) is 4. The van der Waals surface area contributed by atoms with Gasteiger partial charge in [-0.2, -0.15) is 0 Å². The Hall–Kier alpha value is -2.43. The summed E-state index contributed by atoms with van der Waals surface area (Å²) in [5.41, 5.74) is 3.78. The van der Waals surface area contributed by atoms with E-state index in [-0.39, 0.29) is 0 Å². The maximum atomic E-state index is 4.25. The zero-order valence-corrected chi connectivity index (χ0v) is 10.7. The third-order valence-electron chi connectivity index (χ3n) is 2.90. The summed E-state index contributed by atoms with van der Waals surface area (Å²) >= 11 is 0. The molecule has 2 heterocycles. The molecule has 0 aliphatic rings. The van der Waals surface area contributed by atoms with Crippen LogP contribution < -0.4 is 5.32 Å². The Morgan fingerprint density at radius 1 is 1.21 bits per heavy atom. The van der Waals surface area contributed by atoms with E-state index in [2.05, 4.69) is 27.5 Å². The van der Waals surface area contributed by atoms with Crippen LogP contribution >= 0.6 is 0 Å². The number of anilines is 1. The van der Waals surface area contributed by atoms with Crippen molar-refractivity contribution >= 4 is 16.7 Å². The molecule has 0 radical (unpaired) electrons. The largest absolute Gasteiger partial charge is 0.384 e. The quantitative estimate of drug-likeness (QED) is 0.776. The van der Waals surface area contributed by atoms with Crippen molar-refractivity contribution in [3.63, 3.8) is 0 Å². The van der Waals surface area contributed by atoms with Gasteiger partial charge in [0.25, 0.3) is 0 Å². The summed E-state index contributed by atoms with van der Waals surface area (Å²) in [6.45, 7) is 3.07. The van der Waals surface area contributed by atoms with Crippen LogP contribution in [-0.2, 0) is 0 Å². The molecule has 3 rings (SSSR count). The van der Waals surface area contributed by atoms with Crippen molar-refractivity contribution in [3.05, 3.63) is 42.7 Å². The predicted octanol–water partition coefficient (Wildman–Crippen LogP) is 2.64. The van der Waals surface area contributed by atoms with Gasteiger partial charge in [0.2, 0.25) is 0 Å². The maximum Gasteiger partial charge on any atom is 0.113 e. The highest BCUT2D eigenvalue weighted by molar-refractivity contribution is 5.76. The SMILES string of the molecule is CCCNc1cncc(-n2nnc3ccccc32)c1. The van der Waals surface area contributed by atoms with E-state index in [0.29, 0.717) is 0 Å². The van der Waals surface area contributed by atoms with Crippen LogP contribution in [0, 0.1) is 0 Å². The highest BCUT2D eigenvalue weighted by Gasteiger charge is 2.06. The fourth-order valence-electron chi connectivity index (χ4n) is 1.97. The number of nitrogens with one attached hydrogen (secondary N) is 1. The average Bonchev–Trinajstić information content (AvgIpc) is 2.89. The molecule has 0 unspecified atom stereocenters. The van der Waals surface area contributed by atoms with E-state index in [1.54, 1.807) is 10.9 Å². The van der Waals surface area contributed by atoms with Gasteiger partial charge in [0, 0.05) is 6.54 Å². The van der Waals surface area contributed by atoms with Gasteiger partial charge in [-0.3, -0.25) is 4.98 Å². The number of hydrogen-bond donors (Lipinski definition) is 1. The minimum atomic E-state index is 0.884. The first kappa shape index (κ1) is 11.6. The van der Waals surface area contributed by atoms with Crippen LogP contribution in [0.25, 0.3) is 16.7 Å². The molecule has 5 heteroatoms. The van der Waals surface area contributed by atoms with Crippen molar-refractivity contribution in [3.8, 4) is 5.69 Å². The van der Waals surface area contributed by atoms with Gasteiger partial charge in [-0.15, -0.1) is 5.10 Å². The number of aromatic nitrogens is 4. The van der Waals surface area contributed by atoms with Crippen LogP contribution in [0.15, 0.2) is 42.7 Å². The van der Waals surface area contributed by atoms with E-state index in [1.807, 2.05) is 36.5 Å². The summed E-state index contributed by atoms with van der Waals surface area (Å²) in [4.78, 5) is 4.25. The lowest BCUT2D eigenvalue weighted by atomic mass is 10.3. The van der Waals surface area contributed by atoms with E-state index in [1.165, 1.54) is 0 Å².